The fourth-order valence-electron chi connectivity index (χ4n) is 2.44. The van der Waals surface area contributed by atoms with Crippen LogP contribution < -0.4 is 0 Å². The first-order valence-corrected chi connectivity index (χ1v) is 5.19. The Balaban J connectivity index is 2.34. The number of rotatable bonds is 0. The molecular weight excluding hydrogens is 184 g/mol. The van der Waals surface area contributed by atoms with Crippen LogP contribution in [0.15, 0.2) is 42.5 Å². The van der Waals surface area contributed by atoms with Crippen LogP contribution in [0.4, 0.5) is 0 Å². The molecule has 74 valence electrons. The van der Waals surface area contributed by atoms with E-state index >= 15 is 0 Å². The lowest BCUT2D eigenvalue weighted by molar-refractivity contribution is 0.475. The second-order valence-corrected chi connectivity index (χ2v) is 4.08. The standard InChI is InChI=1S/C14H12O/c1-9-11-4-2-3-5-13(11)14-8-10(15)6-7-12(9)14/h2-9,15H,1H3. The molecule has 0 bridgehead atoms. The minimum absolute atomic E-state index is 0.345. The minimum Gasteiger partial charge on any atom is -0.508 e. The summed E-state index contributed by atoms with van der Waals surface area (Å²) in [6, 6.07) is 14.0. The Morgan fingerprint density at radius 1 is 0.933 bits per heavy atom. The molecule has 1 heteroatoms. The maximum Gasteiger partial charge on any atom is 0.116 e. The van der Waals surface area contributed by atoms with Crippen molar-refractivity contribution < 1.29 is 5.11 Å². The first-order chi connectivity index (χ1) is 7.27. The van der Waals surface area contributed by atoms with Crippen LogP contribution in [0.3, 0.4) is 0 Å². The molecule has 2 aromatic rings. The Bertz CT molecular complexity index is 529. The zero-order valence-corrected chi connectivity index (χ0v) is 8.57. The van der Waals surface area contributed by atoms with Gasteiger partial charge in [-0.05, 0) is 34.4 Å². The highest BCUT2D eigenvalue weighted by atomic mass is 16.3. The van der Waals surface area contributed by atoms with E-state index in [1.165, 1.54) is 22.3 Å². The van der Waals surface area contributed by atoms with Gasteiger partial charge in [0.1, 0.15) is 5.75 Å². The molecule has 1 nitrogen and oxygen atoms in total. The normalized spacial score (nSPS) is 17.3. The Hall–Kier alpha value is -1.76. The van der Waals surface area contributed by atoms with Crippen molar-refractivity contribution in [2.75, 3.05) is 0 Å². The summed E-state index contributed by atoms with van der Waals surface area (Å²) in [4.78, 5) is 0. The molecule has 3 rings (SSSR count). The molecule has 0 spiro atoms. The van der Waals surface area contributed by atoms with E-state index in [9.17, 15) is 5.11 Å². The second kappa shape index (κ2) is 2.86. The molecule has 1 aliphatic carbocycles. The monoisotopic (exact) mass is 196 g/mol. The quantitative estimate of drug-likeness (QED) is 0.683. The van der Waals surface area contributed by atoms with Gasteiger partial charge in [0.15, 0.2) is 0 Å². The van der Waals surface area contributed by atoms with E-state index in [-0.39, 0.29) is 0 Å². The van der Waals surface area contributed by atoms with Crippen LogP contribution in [0.1, 0.15) is 24.0 Å². The van der Waals surface area contributed by atoms with Gasteiger partial charge >= 0.3 is 0 Å². The number of fused-ring (bicyclic) bond motifs is 3. The van der Waals surface area contributed by atoms with Crippen molar-refractivity contribution in [2.45, 2.75) is 12.8 Å². The predicted octanol–water partition coefficient (Wildman–Crippen LogP) is 3.52. The van der Waals surface area contributed by atoms with Gasteiger partial charge in [0, 0.05) is 5.92 Å². The number of benzene rings is 2. The first-order valence-electron chi connectivity index (χ1n) is 5.19. The molecule has 0 heterocycles. The van der Waals surface area contributed by atoms with Crippen LogP contribution in [0, 0.1) is 0 Å². The largest absolute Gasteiger partial charge is 0.508 e. The average Bonchev–Trinajstić information content (AvgIpc) is 2.54. The molecule has 1 aliphatic rings. The molecule has 0 fully saturated rings. The summed E-state index contributed by atoms with van der Waals surface area (Å²) in [6.45, 7) is 2.21. The summed E-state index contributed by atoms with van der Waals surface area (Å²) >= 11 is 0. The van der Waals surface area contributed by atoms with Gasteiger partial charge in [-0.15, -0.1) is 0 Å². The summed E-state index contributed by atoms with van der Waals surface area (Å²) in [5.74, 6) is 0.787. The molecule has 0 saturated heterocycles. The smallest absolute Gasteiger partial charge is 0.116 e. The van der Waals surface area contributed by atoms with E-state index < -0.39 is 0 Å². The van der Waals surface area contributed by atoms with Crippen molar-refractivity contribution >= 4 is 0 Å². The van der Waals surface area contributed by atoms with Crippen LogP contribution in [0.2, 0.25) is 0 Å². The van der Waals surface area contributed by atoms with Gasteiger partial charge in [-0.3, -0.25) is 0 Å². The number of phenols is 1. The molecule has 0 amide bonds. The minimum atomic E-state index is 0.345. The van der Waals surface area contributed by atoms with E-state index in [1.807, 2.05) is 18.2 Å². The summed E-state index contributed by atoms with van der Waals surface area (Å²) in [7, 11) is 0. The topological polar surface area (TPSA) is 20.2 Å². The Morgan fingerprint density at radius 2 is 1.67 bits per heavy atom. The highest BCUT2D eigenvalue weighted by molar-refractivity contribution is 5.79. The summed E-state index contributed by atoms with van der Waals surface area (Å²) in [5, 5.41) is 9.51. The van der Waals surface area contributed by atoms with Crippen LogP contribution in [0.25, 0.3) is 11.1 Å². The molecule has 1 N–H and O–H groups in total. The zero-order valence-electron chi connectivity index (χ0n) is 8.57. The van der Waals surface area contributed by atoms with Gasteiger partial charge in [0.25, 0.3) is 0 Å². The van der Waals surface area contributed by atoms with E-state index in [0.29, 0.717) is 11.7 Å². The third-order valence-corrected chi connectivity index (χ3v) is 3.22. The Kier molecular flexibility index (Phi) is 1.63. The third-order valence-electron chi connectivity index (χ3n) is 3.22. The van der Waals surface area contributed by atoms with Gasteiger partial charge in [-0.1, -0.05) is 37.3 Å². The fourth-order valence-corrected chi connectivity index (χ4v) is 2.44. The lowest BCUT2D eigenvalue weighted by atomic mass is 10.00. The molecule has 1 atom stereocenters. The van der Waals surface area contributed by atoms with Crippen LogP contribution in [-0.4, -0.2) is 5.11 Å². The number of phenolic OH excluding ortho intramolecular Hbond substituents is 1. The predicted molar refractivity (Wildman–Crippen MR) is 61.1 cm³/mol. The third kappa shape index (κ3) is 1.09. The Morgan fingerprint density at radius 3 is 2.53 bits per heavy atom. The van der Waals surface area contributed by atoms with Crippen molar-refractivity contribution in [1.29, 1.82) is 0 Å². The van der Waals surface area contributed by atoms with E-state index in [1.54, 1.807) is 6.07 Å². The maximum atomic E-state index is 9.51. The van der Waals surface area contributed by atoms with E-state index in [2.05, 4.69) is 25.1 Å². The molecule has 0 aliphatic heterocycles. The molecular formula is C14H12O. The van der Waals surface area contributed by atoms with Crippen LogP contribution >= 0.6 is 0 Å². The SMILES string of the molecule is CC1c2ccccc2-c2cc(O)ccc21. The number of hydrogen-bond acceptors (Lipinski definition) is 1. The van der Waals surface area contributed by atoms with Crippen molar-refractivity contribution in [3.05, 3.63) is 53.6 Å². The van der Waals surface area contributed by atoms with Gasteiger partial charge in [0.05, 0.1) is 0 Å². The zero-order chi connectivity index (χ0) is 10.4. The molecule has 0 saturated carbocycles. The van der Waals surface area contributed by atoms with Crippen LogP contribution in [0.5, 0.6) is 5.75 Å². The van der Waals surface area contributed by atoms with Crippen molar-refractivity contribution in [1.82, 2.24) is 0 Å². The maximum absolute atomic E-state index is 9.51. The van der Waals surface area contributed by atoms with Gasteiger partial charge in [-0.25, -0.2) is 0 Å². The molecule has 15 heavy (non-hydrogen) atoms. The van der Waals surface area contributed by atoms with E-state index in [4.69, 9.17) is 0 Å². The van der Waals surface area contributed by atoms with E-state index in [0.717, 1.165) is 0 Å². The first kappa shape index (κ1) is 8.54. The lowest BCUT2D eigenvalue weighted by Crippen LogP contribution is -1.88. The summed E-state index contributed by atoms with van der Waals surface area (Å²) < 4.78 is 0. The molecule has 2 aromatic carbocycles. The van der Waals surface area contributed by atoms with Crippen molar-refractivity contribution in [2.24, 2.45) is 0 Å². The molecule has 1 unspecified atom stereocenters. The highest BCUT2D eigenvalue weighted by Crippen LogP contribution is 2.45. The van der Waals surface area contributed by atoms with Crippen molar-refractivity contribution in [3.63, 3.8) is 0 Å². The van der Waals surface area contributed by atoms with Gasteiger partial charge < -0.3 is 5.11 Å². The second-order valence-electron chi connectivity index (χ2n) is 4.08. The van der Waals surface area contributed by atoms with Crippen molar-refractivity contribution in [3.8, 4) is 16.9 Å². The van der Waals surface area contributed by atoms with Gasteiger partial charge in [-0.2, -0.15) is 0 Å². The average molecular weight is 196 g/mol. The number of aromatic hydroxyl groups is 1. The fraction of sp³-hybridized carbons (Fsp3) is 0.143. The lowest BCUT2D eigenvalue weighted by Gasteiger charge is -2.05. The Labute approximate surface area is 89.0 Å². The number of hydrogen-bond donors (Lipinski definition) is 1. The highest BCUT2D eigenvalue weighted by Gasteiger charge is 2.24. The molecule has 0 radical (unpaired) electrons. The summed E-state index contributed by atoms with van der Waals surface area (Å²) in [5.41, 5.74) is 5.11. The molecule has 0 aromatic heterocycles. The van der Waals surface area contributed by atoms with Crippen LogP contribution in [-0.2, 0) is 0 Å². The van der Waals surface area contributed by atoms with Gasteiger partial charge in [0.2, 0.25) is 0 Å². The summed E-state index contributed by atoms with van der Waals surface area (Å²) in [6.07, 6.45) is 0.